The van der Waals surface area contributed by atoms with Crippen molar-refractivity contribution in [3.63, 3.8) is 0 Å². The minimum absolute atomic E-state index is 0.141. The van der Waals surface area contributed by atoms with E-state index < -0.39 is 12.6 Å². The van der Waals surface area contributed by atoms with Gasteiger partial charge >= 0.3 is 5.97 Å². The zero-order valence-electron chi connectivity index (χ0n) is 20.9. The molecule has 3 fully saturated rings. The highest BCUT2D eigenvalue weighted by Crippen LogP contribution is 2.61. The van der Waals surface area contributed by atoms with Gasteiger partial charge in [-0.05, 0) is 72.6 Å². The first-order valence-corrected chi connectivity index (χ1v) is 12.8. The Morgan fingerprint density at radius 1 is 0.842 bits per heavy atom. The van der Waals surface area contributed by atoms with Crippen LogP contribution >= 0.6 is 0 Å². The normalized spacial score (nSPS) is 25.4. The summed E-state index contributed by atoms with van der Waals surface area (Å²) in [4.78, 5) is 53.1. The van der Waals surface area contributed by atoms with Gasteiger partial charge in [-0.1, -0.05) is 42.5 Å². The van der Waals surface area contributed by atoms with E-state index >= 15 is 0 Å². The number of amides is 2. The largest absolute Gasteiger partial charge is 0.497 e. The number of methoxy groups -OCH3 is 1. The summed E-state index contributed by atoms with van der Waals surface area (Å²) < 4.78 is 10.3. The number of benzene rings is 3. The third-order valence-electron chi connectivity index (χ3n) is 8.33. The lowest BCUT2D eigenvalue weighted by Gasteiger charge is -2.28. The average molecular weight is 510 g/mol. The van der Waals surface area contributed by atoms with Gasteiger partial charge in [0, 0.05) is 5.56 Å². The topological polar surface area (TPSA) is 90.0 Å². The van der Waals surface area contributed by atoms with Crippen molar-refractivity contribution in [2.24, 2.45) is 23.7 Å². The number of nitrogens with zero attached hydrogens (tertiary/aromatic N) is 1. The molecule has 0 radical (unpaired) electrons. The van der Waals surface area contributed by atoms with Gasteiger partial charge in [0.25, 0.3) is 0 Å². The van der Waals surface area contributed by atoms with Crippen LogP contribution in [0.1, 0.15) is 45.0 Å². The van der Waals surface area contributed by atoms with Crippen LogP contribution in [0, 0.1) is 23.7 Å². The lowest BCUT2D eigenvalue weighted by molar-refractivity contribution is -0.123. The summed E-state index contributed by atoms with van der Waals surface area (Å²) >= 11 is 0. The maximum Gasteiger partial charge on any atom is 0.338 e. The highest BCUT2D eigenvalue weighted by atomic mass is 16.5. The lowest BCUT2D eigenvalue weighted by Crippen LogP contribution is -2.33. The van der Waals surface area contributed by atoms with Crippen LogP contribution < -0.4 is 9.64 Å². The highest BCUT2D eigenvalue weighted by molar-refractivity contribution is 6.22. The van der Waals surface area contributed by atoms with Crippen molar-refractivity contribution in [3.05, 3.63) is 95.6 Å². The lowest BCUT2D eigenvalue weighted by atomic mass is 9.73. The number of anilines is 1. The molecule has 0 N–H and O–H groups in total. The van der Waals surface area contributed by atoms with Gasteiger partial charge in [-0.25, -0.2) is 4.79 Å². The number of hydrogen-bond donors (Lipinski definition) is 0. The van der Waals surface area contributed by atoms with Gasteiger partial charge in [-0.2, -0.15) is 0 Å². The number of rotatable bonds is 7. The second-order valence-electron chi connectivity index (χ2n) is 10.3. The Morgan fingerprint density at radius 2 is 1.58 bits per heavy atom. The summed E-state index contributed by atoms with van der Waals surface area (Å²) in [5.74, 6) is -0.626. The molecule has 2 aliphatic carbocycles. The molecule has 3 aliphatic rings. The van der Waals surface area contributed by atoms with Crippen LogP contribution in [0.2, 0.25) is 0 Å². The zero-order valence-corrected chi connectivity index (χ0v) is 20.9. The van der Waals surface area contributed by atoms with Gasteiger partial charge in [-0.15, -0.1) is 0 Å². The molecule has 7 nitrogen and oxygen atoms in total. The number of ether oxygens (including phenoxy) is 2. The fourth-order valence-electron chi connectivity index (χ4n) is 6.64. The smallest absolute Gasteiger partial charge is 0.338 e. The van der Waals surface area contributed by atoms with Gasteiger partial charge in [0.15, 0.2) is 12.4 Å². The fraction of sp³-hybridized carbons (Fsp3) is 0.290. The Kier molecular flexibility index (Phi) is 6.06. The molecular weight excluding hydrogens is 482 g/mol. The van der Waals surface area contributed by atoms with Crippen LogP contribution in [-0.2, 0) is 14.3 Å². The minimum atomic E-state index is -0.660. The number of esters is 1. The molecule has 7 heteroatoms. The number of fused-ring (bicyclic) bond motifs is 5. The van der Waals surface area contributed by atoms with Crippen LogP contribution in [-0.4, -0.2) is 37.3 Å². The molecule has 2 saturated carbocycles. The predicted octanol–water partition coefficient (Wildman–Crippen LogP) is 4.66. The summed E-state index contributed by atoms with van der Waals surface area (Å²) in [5, 5.41) is 0. The number of carbonyl (C=O) groups excluding carboxylic acids is 4. The van der Waals surface area contributed by atoms with Gasteiger partial charge < -0.3 is 9.47 Å². The maximum atomic E-state index is 13.5. The number of hydrogen-bond acceptors (Lipinski definition) is 6. The summed E-state index contributed by atoms with van der Waals surface area (Å²) in [7, 11) is 1.51. The van der Waals surface area contributed by atoms with Crippen LogP contribution in [0.25, 0.3) is 0 Å². The Hall–Kier alpha value is -4.26. The Balaban J connectivity index is 1.13. The molecule has 1 saturated heterocycles. The maximum absolute atomic E-state index is 13.5. The van der Waals surface area contributed by atoms with Gasteiger partial charge in [0.1, 0.15) is 5.75 Å². The van der Waals surface area contributed by atoms with Crippen molar-refractivity contribution in [3.8, 4) is 5.75 Å². The van der Waals surface area contributed by atoms with E-state index in [4.69, 9.17) is 9.47 Å². The molecule has 3 aromatic carbocycles. The number of Topliss-reactive ketones (excluding diaryl/α,β-unsaturated/α-hetero) is 1. The third-order valence-corrected chi connectivity index (χ3v) is 8.33. The van der Waals surface area contributed by atoms with Gasteiger partial charge in [-0.3, -0.25) is 19.3 Å². The van der Waals surface area contributed by atoms with Crippen molar-refractivity contribution in [1.29, 1.82) is 0 Å². The zero-order chi connectivity index (χ0) is 26.4. The third kappa shape index (κ3) is 3.99. The van der Waals surface area contributed by atoms with E-state index in [9.17, 15) is 19.2 Å². The molecule has 1 aliphatic heterocycles. The molecule has 0 spiro atoms. The van der Waals surface area contributed by atoms with E-state index in [0.29, 0.717) is 22.9 Å². The predicted molar refractivity (Wildman–Crippen MR) is 139 cm³/mol. The minimum Gasteiger partial charge on any atom is -0.497 e. The summed E-state index contributed by atoms with van der Waals surface area (Å²) in [6.45, 7) is -0.411. The molecular formula is C31H27NO6. The quantitative estimate of drug-likeness (QED) is 0.261. The monoisotopic (exact) mass is 509 g/mol. The van der Waals surface area contributed by atoms with E-state index in [2.05, 4.69) is 12.1 Å². The molecule has 1 heterocycles. The summed E-state index contributed by atoms with van der Waals surface area (Å²) in [6, 6.07) is 23.1. The summed E-state index contributed by atoms with van der Waals surface area (Å²) in [5.41, 5.74) is 2.31. The van der Waals surface area contributed by atoms with E-state index in [-0.39, 0.29) is 46.8 Å². The Bertz CT molecular complexity index is 1420. The number of carbonyl (C=O) groups is 4. The van der Waals surface area contributed by atoms with E-state index in [0.717, 1.165) is 12.8 Å². The van der Waals surface area contributed by atoms with Crippen LogP contribution in [0.4, 0.5) is 5.69 Å². The molecule has 2 amide bonds. The van der Waals surface area contributed by atoms with Crippen LogP contribution in [0.15, 0.2) is 78.9 Å². The van der Waals surface area contributed by atoms with Crippen LogP contribution in [0.3, 0.4) is 0 Å². The molecule has 5 atom stereocenters. The van der Waals surface area contributed by atoms with Gasteiger partial charge in [0.2, 0.25) is 11.8 Å². The average Bonchev–Trinajstić information content (AvgIpc) is 3.63. The molecule has 0 unspecified atom stereocenters. The van der Waals surface area contributed by atoms with E-state index in [1.165, 1.54) is 29.7 Å². The Labute approximate surface area is 220 Å². The van der Waals surface area contributed by atoms with Crippen molar-refractivity contribution >= 4 is 29.3 Å². The van der Waals surface area contributed by atoms with Crippen molar-refractivity contribution < 1.29 is 28.7 Å². The van der Waals surface area contributed by atoms with Crippen molar-refractivity contribution in [1.82, 2.24) is 0 Å². The Morgan fingerprint density at radius 3 is 2.32 bits per heavy atom. The molecule has 2 bridgehead atoms. The van der Waals surface area contributed by atoms with Crippen LogP contribution in [0.5, 0.6) is 5.75 Å². The molecule has 38 heavy (non-hydrogen) atoms. The molecule has 3 aromatic rings. The number of ketones is 1. The molecule has 0 aromatic heterocycles. The first kappa shape index (κ1) is 24.1. The second kappa shape index (κ2) is 9.56. The summed E-state index contributed by atoms with van der Waals surface area (Å²) in [6.07, 6.45) is 1.85. The molecule has 192 valence electrons. The van der Waals surface area contributed by atoms with Crippen molar-refractivity contribution in [2.75, 3.05) is 18.6 Å². The van der Waals surface area contributed by atoms with Gasteiger partial charge in [0.05, 0.1) is 30.2 Å². The standard InChI is InChI=1S/C31H27NO6/c1-37-23-9-5-8-20(14-23)26(33)17-38-31(36)19-10-12-22(13-11-19)32-29(34)27-21-15-24(18-6-3-2-4-7-18)25(16-21)28(27)30(32)35/h2-14,21,24-25,27-28H,15-17H2,1H3/t21-,24-,25+,27+,28+/m0/s1. The second-order valence-corrected chi connectivity index (χ2v) is 10.3. The first-order valence-electron chi connectivity index (χ1n) is 12.8. The fourth-order valence-corrected chi connectivity index (χ4v) is 6.64. The van der Waals surface area contributed by atoms with Crippen molar-refractivity contribution in [2.45, 2.75) is 18.8 Å². The highest BCUT2D eigenvalue weighted by Gasteiger charge is 2.64. The number of imide groups is 1. The first-order chi connectivity index (χ1) is 18.5. The molecule has 6 rings (SSSR count). The SMILES string of the molecule is COc1cccc(C(=O)COC(=O)c2ccc(N3C(=O)[C@@H]4[C@@H]5C[C@@H]([C@H]4C3=O)[C@H](c3ccccc3)C5)cc2)c1. The van der Waals surface area contributed by atoms with E-state index in [1.807, 2.05) is 18.2 Å². The van der Waals surface area contributed by atoms with E-state index in [1.54, 1.807) is 36.4 Å².